The Morgan fingerprint density at radius 2 is 1.96 bits per heavy atom. The van der Waals surface area contributed by atoms with Crippen LogP contribution in [0.5, 0.6) is 0 Å². The minimum Gasteiger partial charge on any atom is -0.354 e. The number of hydrogen-bond donors (Lipinski definition) is 3. The molecule has 0 saturated heterocycles. The number of urea groups is 1. The average Bonchev–Trinajstić information content (AvgIpc) is 3.34. The molecule has 1 aliphatic carbocycles. The lowest BCUT2D eigenvalue weighted by molar-refractivity contribution is -0.136. The van der Waals surface area contributed by atoms with Gasteiger partial charge in [0.2, 0.25) is 0 Å². The Morgan fingerprint density at radius 1 is 1.20 bits per heavy atom. The third-order valence-electron chi connectivity index (χ3n) is 3.48. The Morgan fingerprint density at radius 3 is 2.56 bits per heavy atom. The van der Waals surface area contributed by atoms with Crippen molar-refractivity contribution in [3.05, 3.63) is 47.1 Å². The number of alkyl halides is 3. The molecule has 0 spiro atoms. The fourth-order valence-electron chi connectivity index (χ4n) is 2.12. The summed E-state index contributed by atoms with van der Waals surface area (Å²) in [6, 6.07) is 6.35. The summed E-state index contributed by atoms with van der Waals surface area (Å²) < 4.78 is 39.2. The molecule has 2 aromatic rings. The molecule has 1 aromatic carbocycles. The average molecular weight is 371 g/mol. The highest BCUT2D eigenvalue weighted by atomic mass is 35.5. The lowest BCUT2D eigenvalue weighted by Gasteiger charge is -2.15. The lowest BCUT2D eigenvalue weighted by atomic mass is 10.1. The lowest BCUT2D eigenvalue weighted by Crippen LogP contribution is -2.30. The summed E-state index contributed by atoms with van der Waals surface area (Å²) in [5.74, 6) is 0.302. The van der Waals surface area contributed by atoms with Gasteiger partial charge in [-0.05, 0) is 43.2 Å². The van der Waals surface area contributed by atoms with Gasteiger partial charge in [-0.25, -0.2) is 9.78 Å². The number of amides is 2. The van der Waals surface area contributed by atoms with Crippen LogP contribution in [0, 0.1) is 0 Å². The van der Waals surface area contributed by atoms with Gasteiger partial charge in [0.15, 0.2) is 0 Å². The van der Waals surface area contributed by atoms with Gasteiger partial charge in [0.1, 0.15) is 5.82 Å². The molecule has 132 valence electrons. The van der Waals surface area contributed by atoms with Crippen molar-refractivity contribution in [1.82, 2.24) is 10.3 Å². The molecular weight excluding hydrogens is 357 g/mol. The Labute approximate surface area is 146 Å². The van der Waals surface area contributed by atoms with Crippen molar-refractivity contribution in [1.29, 1.82) is 0 Å². The molecule has 0 radical (unpaired) electrons. The summed E-state index contributed by atoms with van der Waals surface area (Å²) in [4.78, 5) is 15.6. The van der Waals surface area contributed by atoms with Crippen molar-refractivity contribution < 1.29 is 18.0 Å². The minimum absolute atomic E-state index is 0.00257. The maximum Gasteiger partial charge on any atom is 0.418 e. The number of halogens is 4. The molecule has 1 fully saturated rings. The number of aromatic nitrogens is 1. The molecule has 9 heteroatoms. The van der Waals surface area contributed by atoms with Crippen LogP contribution in [0.25, 0.3) is 0 Å². The number of benzene rings is 1. The van der Waals surface area contributed by atoms with E-state index in [-0.39, 0.29) is 22.8 Å². The van der Waals surface area contributed by atoms with E-state index < -0.39 is 11.7 Å². The Balaban J connectivity index is 1.70. The first kappa shape index (κ1) is 17.3. The molecular formula is C16H14ClF3N4O. The fourth-order valence-corrected chi connectivity index (χ4v) is 2.29. The Kier molecular flexibility index (Phi) is 4.71. The number of hydrogen-bond acceptors (Lipinski definition) is 3. The van der Waals surface area contributed by atoms with Crippen LogP contribution in [0.3, 0.4) is 0 Å². The number of nitrogens with zero attached hydrogens (tertiary/aromatic N) is 1. The second-order valence-corrected chi connectivity index (χ2v) is 6.05. The van der Waals surface area contributed by atoms with E-state index in [9.17, 15) is 18.0 Å². The molecule has 0 atom stereocenters. The number of nitrogens with one attached hydrogen (secondary N) is 3. The molecule has 2 amide bonds. The maximum absolute atomic E-state index is 13.1. The standard InChI is InChI=1S/C16H14ClF3N4O/c17-9-1-5-13(12(7-9)16(18,19)20)22-11-4-6-14(21-8-11)24-15(25)23-10-2-3-10/h1,4-8,10,22H,2-3H2,(H2,21,23,24,25). The van der Waals surface area contributed by atoms with Gasteiger partial charge in [-0.1, -0.05) is 11.6 Å². The Bertz CT molecular complexity index is 776. The van der Waals surface area contributed by atoms with Crippen LogP contribution in [0.15, 0.2) is 36.5 Å². The summed E-state index contributed by atoms with van der Waals surface area (Å²) in [7, 11) is 0. The molecule has 3 rings (SSSR count). The predicted octanol–water partition coefficient (Wildman–Crippen LogP) is 4.78. The van der Waals surface area contributed by atoms with E-state index >= 15 is 0 Å². The van der Waals surface area contributed by atoms with E-state index in [4.69, 9.17) is 11.6 Å². The van der Waals surface area contributed by atoms with Crippen molar-refractivity contribution in [2.75, 3.05) is 10.6 Å². The largest absolute Gasteiger partial charge is 0.418 e. The highest BCUT2D eigenvalue weighted by Crippen LogP contribution is 2.37. The first-order chi connectivity index (χ1) is 11.8. The highest BCUT2D eigenvalue weighted by Gasteiger charge is 2.33. The van der Waals surface area contributed by atoms with Crippen molar-refractivity contribution in [3.63, 3.8) is 0 Å². The summed E-state index contributed by atoms with van der Waals surface area (Å²) in [5.41, 5.74) is -0.655. The predicted molar refractivity (Wildman–Crippen MR) is 89.2 cm³/mol. The molecule has 3 N–H and O–H groups in total. The van der Waals surface area contributed by atoms with Gasteiger partial charge in [-0.15, -0.1) is 0 Å². The van der Waals surface area contributed by atoms with Crippen molar-refractivity contribution in [2.24, 2.45) is 0 Å². The molecule has 25 heavy (non-hydrogen) atoms. The summed E-state index contributed by atoms with van der Waals surface area (Å²) in [6.07, 6.45) is -1.27. The van der Waals surface area contributed by atoms with Crippen LogP contribution in [0.1, 0.15) is 18.4 Å². The van der Waals surface area contributed by atoms with Gasteiger partial charge in [-0.2, -0.15) is 13.2 Å². The van der Waals surface area contributed by atoms with Gasteiger partial charge >= 0.3 is 12.2 Å². The van der Waals surface area contributed by atoms with Crippen LogP contribution in [-0.4, -0.2) is 17.1 Å². The Hall–Kier alpha value is -2.48. The second-order valence-electron chi connectivity index (χ2n) is 5.62. The smallest absolute Gasteiger partial charge is 0.354 e. The quantitative estimate of drug-likeness (QED) is 0.725. The fraction of sp³-hybridized carbons (Fsp3) is 0.250. The first-order valence-corrected chi connectivity index (χ1v) is 7.86. The van der Waals surface area contributed by atoms with Crippen LogP contribution >= 0.6 is 11.6 Å². The third kappa shape index (κ3) is 4.76. The molecule has 0 unspecified atom stereocenters. The second kappa shape index (κ2) is 6.79. The first-order valence-electron chi connectivity index (χ1n) is 7.48. The van der Waals surface area contributed by atoms with E-state index in [0.29, 0.717) is 11.5 Å². The van der Waals surface area contributed by atoms with E-state index in [1.54, 1.807) is 0 Å². The van der Waals surface area contributed by atoms with Crippen LogP contribution in [0.2, 0.25) is 5.02 Å². The van der Waals surface area contributed by atoms with Gasteiger partial charge in [0.25, 0.3) is 0 Å². The number of anilines is 3. The van der Waals surface area contributed by atoms with Gasteiger partial charge in [0.05, 0.1) is 23.1 Å². The number of carbonyl (C=O) groups is 1. The summed E-state index contributed by atoms with van der Waals surface area (Å²) >= 11 is 5.65. The van der Waals surface area contributed by atoms with E-state index in [1.807, 2.05) is 0 Å². The zero-order valence-electron chi connectivity index (χ0n) is 12.8. The van der Waals surface area contributed by atoms with E-state index in [1.165, 1.54) is 30.5 Å². The van der Waals surface area contributed by atoms with Crippen LogP contribution in [0.4, 0.5) is 35.2 Å². The SMILES string of the molecule is O=C(Nc1ccc(Nc2ccc(Cl)cc2C(F)(F)F)cn1)NC1CC1. The van der Waals surface area contributed by atoms with E-state index in [0.717, 1.165) is 18.9 Å². The number of rotatable bonds is 4. The zero-order valence-corrected chi connectivity index (χ0v) is 13.6. The molecule has 0 bridgehead atoms. The molecule has 1 aliphatic rings. The van der Waals surface area contributed by atoms with Crippen molar-refractivity contribution in [2.45, 2.75) is 25.1 Å². The monoisotopic (exact) mass is 370 g/mol. The minimum atomic E-state index is -4.54. The van der Waals surface area contributed by atoms with Gasteiger partial charge in [0, 0.05) is 11.1 Å². The van der Waals surface area contributed by atoms with Crippen molar-refractivity contribution in [3.8, 4) is 0 Å². The number of pyridine rings is 1. The normalized spacial score (nSPS) is 14.1. The molecule has 1 aromatic heterocycles. The van der Waals surface area contributed by atoms with Gasteiger partial charge < -0.3 is 10.6 Å². The summed E-state index contributed by atoms with van der Waals surface area (Å²) in [6.45, 7) is 0. The third-order valence-corrected chi connectivity index (χ3v) is 3.72. The number of carbonyl (C=O) groups excluding carboxylic acids is 1. The molecule has 1 heterocycles. The topological polar surface area (TPSA) is 66.0 Å². The molecule has 0 aliphatic heterocycles. The zero-order chi connectivity index (χ0) is 18.0. The maximum atomic E-state index is 13.1. The molecule has 5 nitrogen and oxygen atoms in total. The molecule has 1 saturated carbocycles. The highest BCUT2D eigenvalue weighted by molar-refractivity contribution is 6.30. The van der Waals surface area contributed by atoms with Crippen molar-refractivity contribution >= 4 is 34.8 Å². The summed E-state index contributed by atoms with van der Waals surface area (Å²) in [5, 5.41) is 7.96. The van der Waals surface area contributed by atoms with E-state index in [2.05, 4.69) is 20.9 Å². The van der Waals surface area contributed by atoms with Crippen LogP contribution in [-0.2, 0) is 6.18 Å². The van der Waals surface area contributed by atoms with Crippen LogP contribution < -0.4 is 16.0 Å². The van der Waals surface area contributed by atoms with Gasteiger partial charge in [-0.3, -0.25) is 5.32 Å².